The van der Waals surface area contributed by atoms with Crippen molar-refractivity contribution in [3.05, 3.63) is 34.9 Å². The Bertz CT molecular complexity index is 464. The molecule has 0 saturated carbocycles. The molecule has 0 amide bonds. The maximum absolute atomic E-state index is 3.48. The van der Waals surface area contributed by atoms with Crippen molar-refractivity contribution >= 4 is 0 Å². The zero-order valence-corrected chi connectivity index (χ0v) is 13.6. The number of piperazine rings is 1. The van der Waals surface area contributed by atoms with E-state index in [0.717, 1.165) is 25.7 Å². The highest BCUT2D eigenvalue weighted by molar-refractivity contribution is 5.33. The Balaban J connectivity index is 1.56. The topological polar surface area (TPSA) is 18.5 Å². The lowest BCUT2D eigenvalue weighted by molar-refractivity contribution is 0.0963. The molecular formula is C18H29N3. The molecule has 1 unspecified atom stereocenters. The van der Waals surface area contributed by atoms with Crippen LogP contribution in [-0.2, 0) is 19.5 Å². The van der Waals surface area contributed by atoms with E-state index in [1.165, 1.54) is 50.1 Å². The third-order valence-electron chi connectivity index (χ3n) is 5.18. The molecule has 3 rings (SSSR count). The van der Waals surface area contributed by atoms with Crippen LogP contribution in [0.25, 0.3) is 0 Å². The summed E-state index contributed by atoms with van der Waals surface area (Å²) in [6, 6.07) is 7.84. The summed E-state index contributed by atoms with van der Waals surface area (Å²) in [5.74, 6) is 0. The van der Waals surface area contributed by atoms with Crippen LogP contribution in [0.3, 0.4) is 0 Å². The number of benzene rings is 1. The Kier molecular flexibility index (Phi) is 4.94. The monoisotopic (exact) mass is 287 g/mol. The second-order valence-corrected chi connectivity index (χ2v) is 6.60. The average Bonchev–Trinajstić information content (AvgIpc) is 2.55. The van der Waals surface area contributed by atoms with Gasteiger partial charge in [0, 0.05) is 45.3 Å². The zero-order chi connectivity index (χ0) is 14.7. The summed E-state index contributed by atoms with van der Waals surface area (Å²) in [6.45, 7) is 12.8. The molecule has 0 bridgehead atoms. The Labute approximate surface area is 129 Å². The number of nitrogens with zero attached hydrogens (tertiary/aromatic N) is 2. The van der Waals surface area contributed by atoms with Gasteiger partial charge in [-0.05, 0) is 43.0 Å². The molecule has 0 spiro atoms. The predicted molar refractivity (Wildman–Crippen MR) is 88.5 cm³/mol. The minimum absolute atomic E-state index is 0.738. The standard InChI is InChI=1S/C18H29N3/c1-3-15(2)21-10-8-20(9-11-21)14-16-4-5-17-6-7-19-13-18(17)12-16/h4-5,12,15,19H,3,6-11,13-14H2,1-2H3. The molecule has 1 fully saturated rings. The summed E-state index contributed by atoms with van der Waals surface area (Å²) in [5, 5.41) is 3.48. The first-order valence-electron chi connectivity index (χ1n) is 8.54. The zero-order valence-electron chi connectivity index (χ0n) is 13.6. The second-order valence-electron chi connectivity index (χ2n) is 6.60. The molecule has 1 atom stereocenters. The highest BCUT2D eigenvalue weighted by Crippen LogP contribution is 2.18. The molecule has 2 aliphatic rings. The van der Waals surface area contributed by atoms with Gasteiger partial charge < -0.3 is 5.32 Å². The molecule has 0 aliphatic carbocycles. The van der Waals surface area contributed by atoms with Crippen LogP contribution in [0.5, 0.6) is 0 Å². The van der Waals surface area contributed by atoms with E-state index < -0.39 is 0 Å². The average molecular weight is 287 g/mol. The second kappa shape index (κ2) is 6.91. The molecule has 0 aromatic heterocycles. The molecule has 21 heavy (non-hydrogen) atoms. The summed E-state index contributed by atoms with van der Waals surface area (Å²) in [6.07, 6.45) is 2.45. The Morgan fingerprint density at radius 1 is 1.14 bits per heavy atom. The van der Waals surface area contributed by atoms with E-state index in [-0.39, 0.29) is 0 Å². The summed E-state index contributed by atoms with van der Waals surface area (Å²) in [4.78, 5) is 5.24. The summed E-state index contributed by atoms with van der Waals surface area (Å²) < 4.78 is 0. The highest BCUT2D eigenvalue weighted by Gasteiger charge is 2.20. The molecule has 116 valence electrons. The third-order valence-corrected chi connectivity index (χ3v) is 5.18. The summed E-state index contributed by atoms with van der Waals surface area (Å²) in [7, 11) is 0. The predicted octanol–water partition coefficient (Wildman–Crippen LogP) is 2.25. The van der Waals surface area contributed by atoms with E-state index >= 15 is 0 Å². The van der Waals surface area contributed by atoms with Gasteiger partial charge in [0.05, 0.1) is 0 Å². The minimum atomic E-state index is 0.738. The van der Waals surface area contributed by atoms with E-state index in [1.54, 1.807) is 5.56 Å². The third kappa shape index (κ3) is 3.65. The molecule has 1 aromatic rings. The SMILES string of the molecule is CCC(C)N1CCN(Cc2ccc3c(c2)CNCC3)CC1. The molecule has 1 N–H and O–H groups in total. The van der Waals surface area contributed by atoms with Gasteiger partial charge in [0.25, 0.3) is 0 Å². The van der Waals surface area contributed by atoms with Crippen molar-refractivity contribution in [2.75, 3.05) is 32.7 Å². The van der Waals surface area contributed by atoms with Gasteiger partial charge in [-0.15, -0.1) is 0 Å². The van der Waals surface area contributed by atoms with Gasteiger partial charge in [0.1, 0.15) is 0 Å². The van der Waals surface area contributed by atoms with Crippen molar-refractivity contribution in [1.29, 1.82) is 0 Å². The van der Waals surface area contributed by atoms with Gasteiger partial charge in [-0.25, -0.2) is 0 Å². The molecule has 1 aromatic carbocycles. The lowest BCUT2D eigenvalue weighted by atomic mass is 9.98. The summed E-state index contributed by atoms with van der Waals surface area (Å²) in [5.41, 5.74) is 4.53. The van der Waals surface area contributed by atoms with Gasteiger partial charge in [-0.2, -0.15) is 0 Å². The Hall–Kier alpha value is -0.900. The van der Waals surface area contributed by atoms with Crippen molar-refractivity contribution in [2.24, 2.45) is 0 Å². The molecule has 0 radical (unpaired) electrons. The molecule has 2 heterocycles. The maximum Gasteiger partial charge on any atom is 0.0234 e. The highest BCUT2D eigenvalue weighted by atomic mass is 15.3. The number of hydrogen-bond acceptors (Lipinski definition) is 3. The van der Waals surface area contributed by atoms with Crippen LogP contribution >= 0.6 is 0 Å². The normalized spacial score (nSPS) is 22.0. The van der Waals surface area contributed by atoms with Gasteiger partial charge in [-0.3, -0.25) is 9.80 Å². The molecule has 3 heteroatoms. The molecular weight excluding hydrogens is 258 g/mol. The fourth-order valence-corrected chi connectivity index (χ4v) is 3.51. The van der Waals surface area contributed by atoms with Gasteiger partial charge in [0.2, 0.25) is 0 Å². The molecule has 2 aliphatic heterocycles. The first kappa shape index (κ1) is 15.0. The van der Waals surface area contributed by atoms with Crippen LogP contribution in [0, 0.1) is 0 Å². The first-order chi connectivity index (χ1) is 10.3. The lowest BCUT2D eigenvalue weighted by Gasteiger charge is -2.38. The van der Waals surface area contributed by atoms with E-state index in [0.29, 0.717) is 0 Å². The van der Waals surface area contributed by atoms with Crippen molar-refractivity contribution < 1.29 is 0 Å². The van der Waals surface area contributed by atoms with E-state index in [1.807, 2.05) is 0 Å². The van der Waals surface area contributed by atoms with Gasteiger partial charge in [0.15, 0.2) is 0 Å². The molecule has 3 nitrogen and oxygen atoms in total. The van der Waals surface area contributed by atoms with Crippen molar-refractivity contribution in [3.63, 3.8) is 0 Å². The number of nitrogens with one attached hydrogen (secondary N) is 1. The fraction of sp³-hybridized carbons (Fsp3) is 0.667. The van der Waals surface area contributed by atoms with Crippen LogP contribution < -0.4 is 5.32 Å². The number of fused-ring (bicyclic) bond motifs is 1. The van der Waals surface area contributed by atoms with Crippen LogP contribution in [0.2, 0.25) is 0 Å². The minimum Gasteiger partial charge on any atom is -0.312 e. The van der Waals surface area contributed by atoms with Crippen molar-refractivity contribution in [3.8, 4) is 0 Å². The van der Waals surface area contributed by atoms with Gasteiger partial charge >= 0.3 is 0 Å². The smallest absolute Gasteiger partial charge is 0.0234 e. The van der Waals surface area contributed by atoms with Crippen LogP contribution in [0.4, 0.5) is 0 Å². The van der Waals surface area contributed by atoms with Crippen molar-refractivity contribution in [2.45, 2.75) is 45.8 Å². The largest absolute Gasteiger partial charge is 0.312 e. The maximum atomic E-state index is 3.48. The van der Waals surface area contributed by atoms with Gasteiger partial charge in [-0.1, -0.05) is 25.1 Å². The quantitative estimate of drug-likeness (QED) is 0.916. The Morgan fingerprint density at radius 2 is 1.95 bits per heavy atom. The Morgan fingerprint density at radius 3 is 2.71 bits per heavy atom. The van der Waals surface area contributed by atoms with E-state index in [2.05, 4.69) is 47.2 Å². The number of hydrogen-bond donors (Lipinski definition) is 1. The van der Waals surface area contributed by atoms with E-state index in [4.69, 9.17) is 0 Å². The van der Waals surface area contributed by atoms with Crippen LogP contribution in [0.1, 0.15) is 37.0 Å². The summed E-state index contributed by atoms with van der Waals surface area (Å²) >= 11 is 0. The fourth-order valence-electron chi connectivity index (χ4n) is 3.51. The van der Waals surface area contributed by atoms with Crippen molar-refractivity contribution in [1.82, 2.24) is 15.1 Å². The molecule has 1 saturated heterocycles. The number of rotatable bonds is 4. The lowest BCUT2D eigenvalue weighted by Crippen LogP contribution is -2.49. The van der Waals surface area contributed by atoms with Crippen LogP contribution in [-0.4, -0.2) is 48.6 Å². The van der Waals surface area contributed by atoms with Crippen LogP contribution in [0.15, 0.2) is 18.2 Å². The van der Waals surface area contributed by atoms with E-state index in [9.17, 15) is 0 Å². The first-order valence-corrected chi connectivity index (χ1v) is 8.54.